The highest BCUT2D eigenvalue weighted by atomic mass is 32.1. The normalized spacial score (nSPS) is 20.4. The van der Waals surface area contributed by atoms with E-state index in [0.717, 1.165) is 39.2 Å². The summed E-state index contributed by atoms with van der Waals surface area (Å²) in [5.74, 6) is 0. The first-order valence-electron chi connectivity index (χ1n) is 7.15. The van der Waals surface area contributed by atoms with Crippen molar-refractivity contribution in [1.82, 2.24) is 14.7 Å². The maximum absolute atomic E-state index is 5.86. The van der Waals surface area contributed by atoms with Crippen molar-refractivity contribution in [2.75, 3.05) is 26.2 Å². The first-order chi connectivity index (χ1) is 9.79. The average molecular weight is 291 g/mol. The Morgan fingerprint density at radius 3 is 3.20 bits per heavy atom. The molecular formula is C15H21N3OS. The van der Waals surface area contributed by atoms with Gasteiger partial charge in [-0.1, -0.05) is 6.07 Å². The van der Waals surface area contributed by atoms with E-state index in [1.807, 2.05) is 22.2 Å². The minimum atomic E-state index is 0.256. The summed E-state index contributed by atoms with van der Waals surface area (Å²) in [5.41, 5.74) is 1.20. The lowest BCUT2D eigenvalue weighted by Gasteiger charge is -2.32. The second-order valence-corrected chi connectivity index (χ2v) is 6.39. The molecule has 1 unspecified atom stereocenters. The predicted molar refractivity (Wildman–Crippen MR) is 81.2 cm³/mol. The zero-order valence-electron chi connectivity index (χ0n) is 11.9. The SMILES string of the molecule is Cc1cnn(CC2CN(CCc3cccs3)CCO2)c1. The summed E-state index contributed by atoms with van der Waals surface area (Å²) in [7, 11) is 0. The van der Waals surface area contributed by atoms with Crippen molar-refractivity contribution in [2.24, 2.45) is 0 Å². The van der Waals surface area contributed by atoms with Crippen LogP contribution in [0.15, 0.2) is 29.9 Å². The Morgan fingerprint density at radius 2 is 2.45 bits per heavy atom. The van der Waals surface area contributed by atoms with Crippen LogP contribution in [0.4, 0.5) is 0 Å². The van der Waals surface area contributed by atoms with Crippen LogP contribution in [0, 0.1) is 6.92 Å². The van der Waals surface area contributed by atoms with Crippen LogP contribution in [0.2, 0.25) is 0 Å². The molecule has 20 heavy (non-hydrogen) atoms. The highest BCUT2D eigenvalue weighted by molar-refractivity contribution is 7.09. The van der Waals surface area contributed by atoms with Gasteiger partial charge < -0.3 is 4.74 Å². The van der Waals surface area contributed by atoms with Crippen LogP contribution in [0.3, 0.4) is 0 Å². The smallest absolute Gasteiger partial charge is 0.0898 e. The van der Waals surface area contributed by atoms with Crippen LogP contribution < -0.4 is 0 Å². The summed E-state index contributed by atoms with van der Waals surface area (Å²) in [5, 5.41) is 6.49. The minimum absolute atomic E-state index is 0.256. The van der Waals surface area contributed by atoms with Crippen LogP contribution in [0.1, 0.15) is 10.4 Å². The molecular weight excluding hydrogens is 270 g/mol. The molecule has 1 saturated heterocycles. The van der Waals surface area contributed by atoms with Gasteiger partial charge in [0.2, 0.25) is 0 Å². The van der Waals surface area contributed by atoms with Crippen molar-refractivity contribution >= 4 is 11.3 Å². The molecule has 0 bridgehead atoms. The molecule has 0 amide bonds. The molecule has 0 saturated carbocycles. The lowest BCUT2D eigenvalue weighted by atomic mass is 10.2. The van der Waals surface area contributed by atoms with E-state index in [1.54, 1.807) is 0 Å². The molecule has 0 aromatic carbocycles. The van der Waals surface area contributed by atoms with E-state index >= 15 is 0 Å². The number of aryl methyl sites for hydroxylation is 1. The molecule has 1 fully saturated rings. The summed E-state index contributed by atoms with van der Waals surface area (Å²) >= 11 is 1.85. The van der Waals surface area contributed by atoms with E-state index < -0.39 is 0 Å². The molecule has 4 nitrogen and oxygen atoms in total. The Kier molecular flexibility index (Phi) is 4.50. The molecule has 3 rings (SSSR count). The number of thiophene rings is 1. The summed E-state index contributed by atoms with van der Waals surface area (Å²) in [6, 6.07) is 4.34. The number of rotatable bonds is 5. The fourth-order valence-electron chi connectivity index (χ4n) is 2.59. The maximum Gasteiger partial charge on any atom is 0.0898 e. The van der Waals surface area contributed by atoms with Crippen molar-refractivity contribution < 1.29 is 4.74 Å². The van der Waals surface area contributed by atoms with Crippen molar-refractivity contribution in [3.8, 4) is 0 Å². The topological polar surface area (TPSA) is 30.3 Å². The van der Waals surface area contributed by atoms with Gasteiger partial charge in [0.1, 0.15) is 0 Å². The number of nitrogens with zero attached hydrogens (tertiary/aromatic N) is 3. The second-order valence-electron chi connectivity index (χ2n) is 5.36. The number of ether oxygens (including phenoxy) is 1. The van der Waals surface area contributed by atoms with Crippen molar-refractivity contribution in [3.05, 3.63) is 40.3 Å². The molecule has 2 aromatic heterocycles. The Labute approximate surface area is 124 Å². The van der Waals surface area contributed by atoms with Gasteiger partial charge in [-0.25, -0.2) is 0 Å². The molecule has 0 spiro atoms. The molecule has 1 aliphatic heterocycles. The van der Waals surface area contributed by atoms with Gasteiger partial charge in [0.15, 0.2) is 0 Å². The molecule has 1 atom stereocenters. The van der Waals surface area contributed by atoms with E-state index in [-0.39, 0.29) is 6.10 Å². The maximum atomic E-state index is 5.86. The molecule has 2 aromatic rings. The molecule has 108 valence electrons. The Morgan fingerprint density at radius 1 is 1.50 bits per heavy atom. The molecule has 3 heterocycles. The van der Waals surface area contributed by atoms with Gasteiger partial charge in [0.05, 0.1) is 25.5 Å². The first-order valence-corrected chi connectivity index (χ1v) is 8.03. The monoisotopic (exact) mass is 291 g/mol. The van der Waals surface area contributed by atoms with Crippen LogP contribution in [-0.2, 0) is 17.7 Å². The van der Waals surface area contributed by atoms with Gasteiger partial charge in [-0.05, 0) is 30.4 Å². The van der Waals surface area contributed by atoms with E-state index in [9.17, 15) is 0 Å². The predicted octanol–water partition coefficient (Wildman–Crippen LogP) is 2.20. The van der Waals surface area contributed by atoms with E-state index in [2.05, 4.69) is 40.6 Å². The summed E-state index contributed by atoms with van der Waals surface area (Å²) in [6.45, 7) is 6.92. The largest absolute Gasteiger partial charge is 0.374 e. The highest BCUT2D eigenvalue weighted by Gasteiger charge is 2.20. The zero-order chi connectivity index (χ0) is 13.8. The Balaban J connectivity index is 1.48. The summed E-state index contributed by atoms with van der Waals surface area (Å²) in [4.78, 5) is 3.97. The molecule has 1 aliphatic rings. The van der Waals surface area contributed by atoms with Crippen LogP contribution in [0.25, 0.3) is 0 Å². The molecule has 0 radical (unpaired) electrons. The first kappa shape index (κ1) is 13.8. The van der Waals surface area contributed by atoms with Crippen molar-refractivity contribution in [3.63, 3.8) is 0 Å². The van der Waals surface area contributed by atoms with Gasteiger partial charge >= 0.3 is 0 Å². The molecule has 5 heteroatoms. The number of hydrogen-bond donors (Lipinski definition) is 0. The van der Waals surface area contributed by atoms with Gasteiger partial charge in [0, 0.05) is 30.7 Å². The fourth-order valence-corrected chi connectivity index (χ4v) is 3.29. The Hall–Kier alpha value is -1.17. The van der Waals surface area contributed by atoms with Gasteiger partial charge in [-0.15, -0.1) is 11.3 Å². The highest BCUT2D eigenvalue weighted by Crippen LogP contribution is 2.12. The quantitative estimate of drug-likeness (QED) is 0.846. The molecule has 0 aliphatic carbocycles. The fraction of sp³-hybridized carbons (Fsp3) is 0.533. The van der Waals surface area contributed by atoms with E-state index in [4.69, 9.17) is 4.74 Å². The minimum Gasteiger partial charge on any atom is -0.374 e. The van der Waals surface area contributed by atoms with Crippen LogP contribution in [0.5, 0.6) is 0 Å². The van der Waals surface area contributed by atoms with Crippen molar-refractivity contribution in [2.45, 2.75) is 26.0 Å². The number of aromatic nitrogens is 2. The van der Waals surface area contributed by atoms with Crippen molar-refractivity contribution in [1.29, 1.82) is 0 Å². The molecule has 0 N–H and O–H groups in total. The van der Waals surface area contributed by atoms with Gasteiger partial charge in [-0.3, -0.25) is 9.58 Å². The third-order valence-corrected chi connectivity index (χ3v) is 4.57. The average Bonchev–Trinajstić information content (AvgIpc) is 3.09. The van der Waals surface area contributed by atoms with E-state index in [1.165, 1.54) is 10.4 Å². The third-order valence-electron chi connectivity index (χ3n) is 3.63. The lowest BCUT2D eigenvalue weighted by molar-refractivity contribution is -0.0370. The van der Waals surface area contributed by atoms with Gasteiger partial charge in [-0.2, -0.15) is 5.10 Å². The lowest BCUT2D eigenvalue weighted by Crippen LogP contribution is -2.44. The number of morpholine rings is 1. The second kappa shape index (κ2) is 6.52. The van der Waals surface area contributed by atoms with E-state index in [0.29, 0.717) is 0 Å². The summed E-state index contributed by atoms with van der Waals surface area (Å²) in [6.07, 6.45) is 5.38. The summed E-state index contributed by atoms with van der Waals surface area (Å²) < 4.78 is 7.85. The Bertz CT molecular complexity index is 523. The van der Waals surface area contributed by atoms with Crippen LogP contribution >= 0.6 is 11.3 Å². The van der Waals surface area contributed by atoms with Gasteiger partial charge in [0.25, 0.3) is 0 Å². The zero-order valence-corrected chi connectivity index (χ0v) is 12.7. The van der Waals surface area contributed by atoms with Crippen LogP contribution in [-0.4, -0.2) is 47.0 Å². The standard InChI is InChI=1S/C15H21N3OS/c1-13-9-16-18(10-13)12-14-11-17(6-7-19-14)5-4-15-3-2-8-20-15/h2-3,8-10,14H,4-7,11-12H2,1H3. The number of hydrogen-bond acceptors (Lipinski definition) is 4. The third kappa shape index (κ3) is 3.69.